The number of nitrogens with two attached hydrogens (primary N) is 1. The monoisotopic (exact) mass is 256 g/mol. The van der Waals surface area contributed by atoms with E-state index < -0.39 is 5.82 Å². The smallest absolute Gasteiger partial charge is 0.167 e. The predicted octanol–water partition coefficient (Wildman–Crippen LogP) is 0.614. The van der Waals surface area contributed by atoms with E-state index in [1.165, 1.54) is 13.2 Å². The summed E-state index contributed by atoms with van der Waals surface area (Å²) in [7, 11) is 1.40. The van der Waals surface area contributed by atoms with E-state index >= 15 is 0 Å². The van der Waals surface area contributed by atoms with Crippen molar-refractivity contribution in [2.24, 2.45) is 0 Å². The molecule has 0 amide bonds. The van der Waals surface area contributed by atoms with Gasteiger partial charge in [0.2, 0.25) is 0 Å². The minimum Gasteiger partial charge on any atom is -0.494 e. The Morgan fingerprint density at radius 1 is 1.61 bits per heavy atom. The first-order valence-electron chi connectivity index (χ1n) is 5.75. The molecule has 1 atom stereocenters. The summed E-state index contributed by atoms with van der Waals surface area (Å²) in [5, 5.41) is 9.33. The summed E-state index contributed by atoms with van der Waals surface area (Å²) in [4.78, 5) is 1.92. The third kappa shape index (κ3) is 2.34. The van der Waals surface area contributed by atoms with Crippen LogP contribution in [-0.4, -0.2) is 44.6 Å². The average Bonchev–Trinajstić information content (AvgIpc) is 2.39. The number of morpholine rings is 1. The SMILES string of the molecule is COc1cc(N2CCOCC2CO)c(N)cc1F. The minimum atomic E-state index is -0.493. The van der Waals surface area contributed by atoms with Crippen LogP contribution in [0.25, 0.3) is 0 Å². The van der Waals surface area contributed by atoms with Crippen molar-refractivity contribution in [2.45, 2.75) is 6.04 Å². The van der Waals surface area contributed by atoms with Crippen molar-refractivity contribution >= 4 is 11.4 Å². The van der Waals surface area contributed by atoms with Gasteiger partial charge in [-0.1, -0.05) is 0 Å². The van der Waals surface area contributed by atoms with E-state index in [2.05, 4.69) is 0 Å². The van der Waals surface area contributed by atoms with Crippen LogP contribution < -0.4 is 15.4 Å². The molecule has 1 saturated heterocycles. The quantitative estimate of drug-likeness (QED) is 0.776. The van der Waals surface area contributed by atoms with Gasteiger partial charge in [-0.2, -0.15) is 0 Å². The fourth-order valence-electron chi connectivity index (χ4n) is 2.09. The molecule has 0 radical (unpaired) electrons. The Hall–Kier alpha value is -1.53. The first-order chi connectivity index (χ1) is 8.67. The van der Waals surface area contributed by atoms with Gasteiger partial charge in [0.05, 0.1) is 44.3 Å². The highest BCUT2D eigenvalue weighted by Crippen LogP contribution is 2.32. The normalized spacial score (nSPS) is 19.9. The van der Waals surface area contributed by atoms with E-state index in [0.29, 0.717) is 31.1 Å². The number of anilines is 2. The Labute approximate surface area is 105 Å². The highest BCUT2D eigenvalue weighted by atomic mass is 19.1. The largest absolute Gasteiger partial charge is 0.494 e. The van der Waals surface area contributed by atoms with Crippen LogP contribution in [0.15, 0.2) is 12.1 Å². The third-order valence-electron chi connectivity index (χ3n) is 3.05. The molecule has 100 valence electrons. The lowest BCUT2D eigenvalue weighted by molar-refractivity contribution is 0.0727. The van der Waals surface area contributed by atoms with Gasteiger partial charge in [-0.25, -0.2) is 4.39 Å². The molecule has 3 N–H and O–H groups in total. The standard InChI is InChI=1S/C12H17FN2O3/c1-17-12-5-11(10(14)4-9(12)13)15-2-3-18-7-8(15)6-16/h4-5,8,16H,2-3,6-7,14H2,1H3. The van der Waals surface area contributed by atoms with Gasteiger partial charge in [0, 0.05) is 18.7 Å². The molecule has 0 aromatic heterocycles. The van der Waals surface area contributed by atoms with Crippen LogP contribution >= 0.6 is 0 Å². The fourth-order valence-corrected chi connectivity index (χ4v) is 2.09. The molecule has 0 aliphatic carbocycles. The highest BCUT2D eigenvalue weighted by Gasteiger charge is 2.25. The van der Waals surface area contributed by atoms with Crippen LogP contribution in [0.5, 0.6) is 5.75 Å². The molecular formula is C12H17FN2O3. The molecule has 0 saturated carbocycles. The lowest BCUT2D eigenvalue weighted by Gasteiger charge is -2.37. The number of halogens is 1. The van der Waals surface area contributed by atoms with Crippen LogP contribution in [0, 0.1) is 5.82 Å². The predicted molar refractivity (Wildman–Crippen MR) is 66.4 cm³/mol. The zero-order chi connectivity index (χ0) is 13.1. The number of hydrogen-bond donors (Lipinski definition) is 2. The maximum Gasteiger partial charge on any atom is 0.167 e. The van der Waals surface area contributed by atoms with Crippen molar-refractivity contribution in [3.8, 4) is 5.75 Å². The van der Waals surface area contributed by atoms with E-state index in [1.807, 2.05) is 4.90 Å². The second-order valence-corrected chi connectivity index (χ2v) is 4.15. The second-order valence-electron chi connectivity index (χ2n) is 4.15. The second kappa shape index (κ2) is 5.41. The number of ether oxygens (including phenoxy) is 2. The van der Waals surface area contributed by atoms with Gasteiger partial charge in [0.25, 0.3) is 0 Å². The van der Waals surface area contributed by atoms with Crippen LogP contribution in [0.1, 0.15) is 0 Å². The zero-order valence-corrected chi connectivity index (χ0v) is 10.2. The topological polar surface area (TPSA) is 68.0 Å². The van der Waals surface area contributed by atoms with Gasteiger partial charge in [-0.3, -0.25) is 0 Å². The van der Waals surface area contributed by atoms with E-state index in [4.69, 9.17) is 15.2 Å². The van der Waals surface area contributed by atoms with Crippen molar-refractivity contribution in [1.29, 1.82) is 0 Å². The molecule has 1 fully saturated rings. The van der Waals surface area contributed by atoms with Gasteiger partial charge in [0.15, 0.2) is 11.6 Å². The molecular weight excluding hydrogens is 239 g/mol. The van der Waals surface area contributed by atoms with Gasteiger partial charge in [-0.15, -0.1) is 0 Å². The van der Waals surface area contributed by atoms with Crippen molar-refractivity contribution in [3.05, 3.63) is 17.9 Å². The summed E-state index contributed by atoms with van der Waals surface area (Å²) in [6.45, 7) is 1.54. The van der Waals surface area contributed by atoms with E-state index in [9.17, 15) is 9.50 Å². The number of aliphatic hydroxyl groups is 1. The first-order valence-corrected chi connectivity index (χ1v) is 5.75. The lowest BCUT2D eigenvalue weighted by atomic mass is 10.1. The maximum absolute atomic E-state index is 13.5. The summed E-state index contributed by atoms with van der Waals surface area (Å²) < 4.78 is 23.7. The van der Waals surface area contributed by atoms with Gasteiger partial charge in [0.1, 0.15) is 0 Å². The summed E-state index contributed by atoms with van der Waals surface area (Å²) in [5.41, 5.74) is 6.82. The Morgan fingerprint density at radius 2 is 2.39 bits per heavy atom. The summed E-state index contributed by atoms with van der Waals surface area (Å²) in [6, 6.07) is 2.62. The van der Waals surface area contributed by atoms with Gasteiger partial charge < -0.3 is 25.2 Å². The number of nitrogens with zero attached hydrogens (tertiary/aromatic N) is 1. The number of aliphatic hydroxyl groups excluding tert-OH is 1. The van der Waals surface area contributed by atoms with Crippen LogP contribution in [0.4, 0.5) is 15.8 Å². The number of benzene rings is 1. The molecule has 1 unspecified atom stereocenters. The van der Waals surface area contributed by atoms with Crippen molar-refractivity contribution < 1.29 is 19.0 Å². The van der Waals surface area contributed by atoms with Crippen molar-refractivity contribution in [1.82, 2.24) is 0 Å². The molecule has 5 nitrogen and oxygen atoms in total. The number of nitrogen functional groups attached to an aromatic ring is 1. The molecule has 1 aromatic carbocycles. The Kier molecular flexibility index (Phi) is 3.88. The molecule has 0 bridgehead atoms. The average molecular weight is 256 g/mol. The number of hydrogen-bond acceptors (Lipinski definition) is 5. The molecule has 1 aromatic rings. The van der Waals surface area contributed by atoms with Crippen molar-refractivity contribution in [3.63, 3.8) is 0 Å². The lowest BCUT2D eigenvalue weighted by Crippen LogP contribution is -2.47. The van der Waals surface area contributed by atoms with Crippen LogP contribution in [0.2, 0.25) is 0 Å². The zero-order valence-electron chi connectivity index (χ0n) is 10.2. The summed E-state index contributed by atoms with van der Waals surface area (Å²) in [6.07, 6.45) is 0. The summed E-state index contributed by atoms with van der Waals surface area (Å²) in [5.74, 6) is -0.352. The molecule has 1 heterocycles. The van der Waals surface area contributed by atoms with Crippen LogP contribution in [-0.2, 0) is 4.74 Å². The molecule has 1 aliphatic rings. The number of rotatable bonds is 3. The highest BCUT2D eigenvalue weighted by molar-refractivity contribution is 5.70. The molecule has 2 rings (SSSR count). The fraction of sp³-hybridized carbons (Fsp3) is 0.500. The minimum absolute atomic E-state index is 0.0425. The maximum atomic E-state index is 13.5. The van der Waals surface area contributed by atoms with E-state index in [0.717, 1.165) is 0 Å². The van der Waals surface area contributed by atoms with Gasteiger partial charge >= 0.3 is 0 Å². The van der Waals surface area contributed by atoms with Gasteiger partial charge in [-0.05, 0) is 0 Å². The molecule has 6 heteroatoms. The molecule has 1 aliphatic heterocycles. The number of methoxy groups -OCH3 is 1. The van der Waals surface area contributed by atoms with Crippen LogP contribution in [0.3, 0.4) is 0 Å². The first kappa shape index (κ1) is 12.9. The summed E-state index contributed by atoms with van der Waals surface area (Å²) >= 11 is 0. The molecule has 18 heavy (non-hydrogen) atoms. The van der Waals surface area contributed by atoms with E-state index in [-0.39, 0.29) is 18.4 Å². The Bertz CT molecular complexity index is 428. The third-order valence-corrected chi connectivity index (χ3v) is 3.05. The van der Waals surface area contributed by atoms with Crippen molar-refractivity contribution in [2.75, 3.05) is 44.1 Å². The van der Waals surface area contributed by atoms with E-state index in [1.54, 1.807) is 6.07 Å². The molecule has 0 spiro atoms. The Balaban J connectivity index is 2.36. The Morgan fingerprint density at radius 3 is 3.06 bits per heavy atom.